The first-order valence-electron chi connectivity index (χ1n) is 9.16. The van der Waals surface area contributed by atoms with Crippen LogP contribution in [-0.2, 0) is 35.2 Å². The number of carbonyl (C=O) groups is 2. The Kier molecular flexibility index (Phi) is 6.09. The molecule has 160 valence electrons. The zero-order chi connectivity index (χ0) is 21.9. The molecule has 2 amide bonds. The largest absolute Gasteiger partial charge is 0.450 e. The third-order valence-corrected chi connectivity index (χ3v) is 4.47. The monoisotopic (exact) mass is 424 g/mol. The van der Waals surface area contributed by atoms with Crippen LogP contribution in [0.3, 0.4) is 0 Å². The summed E-state index contributed by atoms with van der Waals surface area (Å²) < 4.78 is 45.0. The van der Waals surface area contributed by atoms with E-state index < -0.39 is 41.5 Å². The molecule has 0 atom stereocenters. The summed E-state index contributed by atoms with van der Waals surface area (Å²) in [6.45, 7) is 1.87. The van der Waals surface area contributed by atoms with Crippen molar-refractivity contribution in [3.63, 3.8) is 0 Å². The van der Waals surface area contributed by atoms with Gasteiger partial charge in [-0.15, -0.1) is 0 Å². The van der Waals surface area contributed by atoms with Gasteiger partial charge in [0.15, 0.2) is 0 Å². The van der Waals surface area contributed by atoms with E-state index in [1.807, 2.05) is 0 Å². The van der Waals surface area contributed by atoms with Crippen LogP contribution < -0.4 is 10.9 Å². The van der Waals surface area contributed by atoms with Crippen LogP contribution in [0.25, 0.3) is 0 Å². The fourth-order valence-electron chi connectivity index (χ4n) is 3.09. The molecule has 0 fully saturated rings. The van der Waals surface area contributed by atoms with Gasteiger partial charge in [-0.2, -0.15) is 18.3 Å². The Morgan fingerprint density at radius 1 is 1.27 bits per heavy atom. The summed E-state index contributed by atoms with van der Waals surface area (Å²) in [6, 6.07) is 5.84. The van der Waals surface area contributed by atoms with Crippen LogP contribution >= 0.6 is 0 Å². The number of alkyl halides is 3. The second-order valence-corrected chi connectivity index (χ2v) is 6.57. The average Bonchev–Trinajstić information content (AvgIpc) is 2.68. The molecule has 0 spiro atoms. The molecule has 2 aromatic rings. The lowest BCUT2D eigenvalue weighted by atomic mass is 10.1. The molecule has 2 heterocycles. The molecule has 0 unspecified atom stereocenters. The molecule has 11 heteroatoms. The standard InChI is InChI=1S/C19H19F3N4O4/c1-2-30-18(29)25-8-7-14-12(10-25)9-17(28)26(24-14)11-16(27)23-15-6-4-3-5-13(15)19(20,21)22/h3-6,9H,2,7-8,10-11H2,1H3,(H,23,27). The number of rotatable bonds is 4. The van der Waals surface area contributed by atoms with E-state index in [0.29, 0.717) is 24.2 Å². The third kappa shape index (κ3) is 4.78. The molecular weight excluding hydrogens is 405 g/mol. The van der Waals surface area contributed by atoms with Crippen LogP contribution in [-0.4, -0.2) is 39.8 Å². The van der Waals surface area contributed by atoms with Crippen molar-refractivity contribution in [3.8, 4) is 0 Å². The summed E-state index contributed by atoms with van der Waals surface area (Å²) >= 11 is 0. The highest BCUT2D eigenvalue weighted by atomic mass is 19.4. The molecule has 0 saturated carbocycles. The lowest BCUT2D eigenvalue weighted by Gasteiger charge is -2.27. The number of hydrogen-bond donors (Lipinski definition) is 1. The first-order chi connectivity index (χ1) is 14.2. The molecule has 0 radical (unpaired) electrons. The van der Waals surface area contributed by atoms with Crippen LogP contribution in [0.5, 0.6) is 0 Å². The molecule has 1 N–H and O–H groups in total. The van der Waals surface area contributed by atoms with E-state index in [2.05, 4.69) is 10.4 Å². The summed E-state index contributed by atoms with van der Waals surface area (Å²) in [7, 11) is 0. The Bertz CT molecular complexity index is 1020. The highest BCUT2D eigenvalue weighted by molar-refractivity contribution is 5.91. The Morgan fingerprint density at radius 2 is 2.00 bits per heavy atom. The number of ether oxygens (including phenoxy) is 1. The van der Waals surface area contributed by atoms with Crippen LogP contribution in [0.4, 0.5) is 23.7 Å². The fraction of sp³-hybridized carbons (Fsp3) is 0.368. The highest BCUT2D eigenvalue weighted by Crippen LogP contribution is 2.34. The number of hydrogen-bond acceptors (Lipinski definition) is 5. The molecule has 1 aliphatic heterocycles. The van der Waals surface area contributed by atoms with Gasteiger partial charge in [-0.3, -0.25) is 9.59 Å². The first-order valence-corrected chi connectivity index (χ1v) is 9.16. The summed E-state index contributed by atoms with van der Waals surface area (Å²) in [4.78, 5) is 37.8. The molecule has 0 aliphatic carbocycles. The molecule has 3 rings (SSSR count). The van der Waals surface area contributed by atoms with Gasteiger partial charge in [-0.05, 0) is 19.1 Å². The van der Waals surface area contributed by atoms with Gasteiger partial charge in [0.05, 0.1) is 30.1 Å². The maximum Gasteiger partial charge on any atom is 0.418 e. The van der Waals surface area contributed by atoms with Crippen molar-refractivity contribution in [2.75, 3.05) is 18.5 Å². The van der Waals surface area contributed by atoms with E-state index in [0.717, 1.165) is 16.8 Å². The molecule has 8 nitrogen and oxygen atoms in total. The number of amides is 2. The van der Waals surface area contributed by atoms with E-state index in [1.165, 1.54) is 23.1 Å². The molecule has 0 bridgehead atoms. The number of fused-ring (bicyclic) bond motifs is 1. The Hall–Kier alpha value is -3.37. The lowest BCUT2D eigenvalue weighted by molar-refractivity contribution is -0.137. The van der Waals surface area contributed by atoms with Crippen molar-refractivity contribution in [1.29, 1.82) is 0 Å². The van der Waals surface area contributed by atoms with E-state index in [4.69, 9.17) is 4.74 Å². The van der Waals surface area contributed by atoms with Crippen molar-refractivity contribution in [2.45, 2.75) is 32.6 Å². The van der Waals surface area contributed by atoms with Crippen molar-refractivity contribution in [1.82, 2.24) is 14.7 Å². The van der Waals surface area contributed by atoms with Crippen molar-refractivity contribution in [2.24, 2.45) is 0 Å². The Morgan fingerprint density at radius 3 is 2.70 bits per heavy atom. The molecule has 0 saturated heterocycles. The number of para-hydroxylation sites is 1. The minimum Gasteiger partial charge on any atom is -0.450 e. The van der Waals surface area contributed by atoms with Gasteiger partial charge >= 0.3 is 12.3 Å². The Labute approximate surface area is 169 Å². The van der Waals surface area contributed by atoms with E-state index in [9.17, 15) is 27.6 Å². The quantitative estimate of drug-likeness (QED) is 0.814. The van der Waals surface area contributed by atoms with Crippen LogP contribution in [0.2, 0.25) is 0 Å². The number of aromatic nitrogens is 2. The van der Waals surface area contributed by atoms with Crippen LogP contribution in [0, 0.1) is 0 Å². The number of nitrogens with one attached hydrogen (secondary N) is 1. The SMILES string of the molecule is CCOC(=O)N1CCc2nn(CC(=O)Nc3ccccc3C(F)(F)F)c(=O)cc2C1. The zero-order valence-electron chi connectivity index (χ0n) is 16.0. The predicted molar refractivity (Wildman–Crippen MR) is 99.7 cm³/mol. The minimum absolute atomic E-state index is 0.155. The van der Waals surface area contributed by atoms with E-state index >= 15 is 0 Å². The molecule has 1 aromatic heterocycles. The second kappa shape index (κ2) is 8.56. The molecule has 1 aliphatic rings. The zero-order valence-corrected chi connectivity index (χ0v) is 16.0. The van der Waals surface area contributed by atoms with E-state index in [1.54, 1.807) is 6.92 Å². The summed E-state index contributed by atoms with van der Waals surface area (Å²) in [5, 5.41) is 6.33. The Balaban J connectivity index is 1.74. The highest BCUT2D eigenvalue weighted by Gasteiger charge is 2.33. The predicted octanol–water partition coefficient (Wildman–Crippen LogP) is 2.42. The second-order valence-electron chi connectivity index (χ2n) is 6.57. The average molecular weight is 424 g/mol. The van der Waals surface area contributed by atoms with Gasteiger partial charge in [0, 0.05) is 24.6 Å². The third-order valence-electron chi connectivity index (χ3n) is 4.47. The number of benzene rings is 1. The lowest BCUT2D eigenvalue weighted by Crippen LogP contribution is -2.39. The topological polar surface area (TPSA) is 93.5 Å². The van der Waals surface area contributed by atoms with Crippen LogP contribution in [0.15, 0.2) is 35.1 Å². The molecular formula is C19H19F3N4O4. The number of carbonyl (C=O) groups excluding carboxylic acids is 2. The van der Waals surface area contributed by atoms with Gasteiger partial charge in [-0.25, -0.2) is 9.48 Å². The van der Waals surface area contributed by atoms with Gasteiger partial charge in [0.1, 0.15) is 6.54 Å². The van der Waals surface area contributed by atoms with Gasteiger partial charge in [0.2, 0.25) is 5.91 Å². The summed E-state index contributed by atoms with van der Waals surface area (Å²) in [6.07, 6.45) is -4.77. The van der Waals surface area contributed by atoms with Crippen molar-refractivity contribution in [3.05, 3.63) is 57.5 Å². The normalized spacial score (nSPS) is 13.5. The smallest absolute Gasteiger partial charge is 0.418 e. The molecule has 30 heavy (non-hydrogen) atoms. The molecule has 1 aromatic carbocycles. The number of nitrogens with zero attached hydrogens (tertiary/aromatic N) is 3. The summed E-state index contributed by atoms with van der Waals surface area (Å²) in [5.74, 6) is -0.815. The minimum atomic E-state index is -4.63. The van der Waals surface area contributed by atoms with Gasteiger partial charge in [0.25, 0.3) is 5.56 Å². The summed E-state index contributed by atoms with van der Waals surface area (Å²) in [5.41, 5.74) is -0.898. The van der Waals surface area contributed by atoms with E-state index in [-0.39, 0.29) is 13.2 Å². The fourth-order valence-corrected chi connectivity index (χ4v) is 3.09. The number of anilines is 1. The van der Waals surface area contributed by atoms with Crippen molar-refractivity contribution >= 4 is 17.7 Å². The van der Waals surface area contributed by atoms with Gasteiger partial charge < -0.3 is 15.0 Å². The first kappa shape index (κ1) is 21.3. The maximum absolute atomic E-state index is 13.1. The van der Waals surface area contributed by atoms with Crippen LogP contribution in [0.1, 0.15) is 23.7 Å². The van der Waals surface area contributed by atoms with Gasteiger partial charge in [-0.1, -0.05) is 12.1 Å². The number of halogens is 3. The van der Waals surface area contributed by atoms with Crippen molar-refractivity contribution < 1.29 is 27.5 Å². The maximum atomic E-state index is 13.1.